The van der Waals surface area contributed by atoms with Gasteiger partial charge in [-0.15, -0.1) is 0 Å². The number of aliphatic hydroxyl groups is 1. The topological polar surface area (TPSA) is 33.1 Å². The van der Waals surface area contributed by atoms with E-state index in [0.29, 0.717) is 0 Å². The van der Waals surface area contributed by atoms with Crippen molar-refractivity contribution in [3.8, 4) is 11.1 Å². The molecule has 128 valence electrons. The van der Waals surface area contributed by atoms with Crippen molar-refractivity contribution in [3.05, 3.63) is 58.7 Å². The zero-order valence-corrected chi connectivity index (χ0v) is 15.1. The Kier molecular flexibility index (Phi) is 5.89. The Balaban J connectivity index is 2.92. The number of benzene rings is 1. The van der Waals surface area contributed by atoms with Gasteiger partial charge in [0.1, 0.15) is 5.82 Å². The van der Waals surface area contributed by atoms with Crippen molar-refractivity contribution in [3.63, 3.8) is 0 Å². The van der Waals surface area contributed by atoms with Gasteiger partial charge in [0.2, 0.25) is 0 Å². The van der Waals surface area contributed by atoms with Gasteiger partial charge in [-0.1, -0.05) is 52.0 Å². The predicted molar refractivity (Wildman–Crippen MR) is 98.4 cm³/mol. The van der Waals surface area contributed by atoms with Crippen LogP contribution in [0.1, 0.15) is 69.0 Å². The molecule has 0 aliphatic rings. The van der Waals surface area contributed by atoms with E-state index in [9.17, 15) is 9.50 Å². The Bertz CT molecular complexity index is 730. The van der Waals surface area contributed by atoms with Gasteiger partial charge in [-0.3, -0.25) is 4.98 Å². The number of rotatable bonds is 5. The second kappa shape index (κ2) is 7.71. The first-order chi connectivity index (χ1) is 11.4. The maximum Gasteiger partial charge on any atom is 0.123 e. The quantitative estimate of drug-likeness (QED) is 0.768. The minimum atomic E-state index is -0.265. The molecule has 1 heterocycles. The standard InChI is InChI=1S/C21H26FNO/c1-6-7-17-19(15-8-10-16(22)11-9-15)18(12-24)21(14(4)5)23-20(17)13(2)3/h6-11,13-14,24H,12H2,1-5H3/b7-6+. The smallest absolute Gasteiger partial charge is 0.123 e. The fourth-order valence-corrected chi connectivity index (χ4v) is 3.04. The summed E-state index contributed by atoms with van der Waals surface area (Å²) in [6.07, 6.45) is 4.01. The molecule has 1 aromatic heterocycles. The molecule has 2 nitrogen and oxygen atoms in total. The summed E-state index contributed by atoms with van der Waals surface area (Å²) in [6.45, 7) is 10.3. The number of allylic oxidation sites excluding steroid dienone is 1. The minimum absolute atomic E-state index is 0.0872. The van der Waals surface area contributed by atoms with Gasteiger partial charge in [0.25, 0.3) is 0 Å². The molecule has 0 aliphatic carbocycles. The molecule has 24 heavy (non-hydrogen) atoms. The Hall–Kier alpha value is -2.00. The zero-order chi connectivity index (χ0) is 17.9. The molecule has 0 bridgehead atoms. The van der Waals surface area contributed by atoms with Crippen LogP contribution in [0.3, 0.4) is 0 Å². The zero-order valence-electron chi connectivity index (χ0n) is 15.1. The molecule has 3 heteroatoms. The molecular formula is C21H26FNO. The number of pyridine rings is 1. The Morgan fingerprint density at radius 1 is 1.04 bits per heavy atom. The van der Waals surface area contributed by atoms with Crippen LogP contribution in [0.4, 0.5) is 4.39 Å². The summed E-state index contributed by atoms with van der Waals surface area (Å²) in [5.41, 5.74) is 5.61. The van der Waals surface area contributed by atoms with E-state index >= 15 is 0 Å². The van der Waals surface area contributed by atoms with Crippen LogP contribution in [-0.2, 0) is 6.61 Å². The van der Waals surface area contributed by atoms with Crippen molar-refractivity contribution < 1.29 is 9.50 Å². The molecule has 0 unspecified atom stereocenters. The highest BCUT2D eigenvalue weighted by atomic mass is 19.1. The van der Waals surface area contributed by atoms with Crippen molar-refractivity contribution in [1.29, 1.82) is 0 Å². The summed E-state index contributed by atoms with van der Waals surface area (Å²) < 4.78 is 13.4. The summed E-state index contributed by atoms with van der Waals surface area (Å²) in [4.78, 5) is 4.88. The van der Waals surface area contributed by atoms with E-state index in [2.05, 4.69) is 27.7 Å². The van der Waals surface area contributed by atoms with E-state index < -0.39 is 0 Å². The van der Waals surface area contributed by atoms with Crippen molar-refractivity contribution in [2.24, 2.45) is 0 Å². The minimum Gasteiger partial charge on any atom is -0.392 e. The molecule has 0 atom stereocenters. The summed E-state index contributed by atoms with van der Waals surface area (Å²) in [5, 5.41) is 10.0. The van der Waals surface area contributed by atoms with Crippen molar-refractivity contribution >= 4 is 6.08 Å². The lowest BCUT2D eigenvalue weighted by Gasteiger charge is -2.22. The van der Waals surface area contributed by atoms with Crippen molar-refractivity contribution in [2.75, 3.05) is 0 Å². The predicted octanol–water partition coefficient (Wildman–Crippen LogP) is 5.66. The van der Waals surface area contributed by atoms with Gasteiger partial charge in [0.05, 0.1) is 12.3 Å². The second-order valence-electron chi connectivity index (χ2n) is 6.62. The Morgan fingerprint density at radius 3 is 2.08 bits per heavy atom. The van der Waals surface area contributed by atoms with E-state index in [4.69, 9.17) is 4.98 Å². The van der Waals surface area contributed by atoms with Crippen molar-refractivity contribution in [1.82, 2.24) is 4.98 Å². The van der Waals surface area contributed by atoms with Gasteiger partial charge in [-0.25, -0.2) is 4.39 Å². The first-order valence-corrected chi connectivity index (χ1v) is 8.46. The van der Waals surface area contributed by atoms with Gasteiger partial charge in [0.15, 0.2) is 0 Å². The molecule has 1 aromatic carbocycles. The van der Waals surface area contributed by atoms with Gasteiger partial charge in [0, 0.05) is 16.8 Å². The van der Waals surface area contributed by atoms with E-state index in [1.807, 2.05) is 19.1 Å². The Labute approximate surface area is 144 Å². The number of nitrogens with zero attached hydrogens (tertiary/aromatic N) is 1. The molecule has 2 aromatic rings. The highest BCUT2D eigenvalue weighted by Gasteiger charge is 2.22. The maximum absolute atomic E-state index is 13.4. The van der Waals surface area contributed by atoms with Gasteiger partial charge in [-0.05, 0) is 42.0 Å². The van der Waals surface area contributed by atoms with Crippen LogP contribution < -0.4 is 0 Å². The van der Waals surface area contributed by atoms with E-state index in [1.54, 1.807) is 12.1 Å². The lowest BCUT2D eigenvalue weighted by atomic mass is 9.87. The van der Waals surface area contributed by atoms with Crippen molar-refractivity contribution in [2.45, 2.75) is 53.1 Å². The number of aromatic nitrogens is 1. The van der Waals surface area contributed by atoms with Crippen LogP contribution in [0, 0.1) is 5.82 Å². The fraction of sp³-hybridized carbons (Fsp3) is 0.381. The van der Waals surface area contributed by atoms with Crippen LogP contribution in [-0.4, -0.2) is 10.1 Å². The van der Waals surface area contributed by atoms with Gasteiger partial charge >= 0.3 is 0 Å². The highest BCUT2D eigenvalue weighted by molar-refractivity contribution is 5.80. The molecule has 0 saturated heterocycles. The summed E-state index contributed by atoms with van der Waals surface area (Å²) in [6, 6.07) is 6.46. The van der Waals surface area contributed by atoms with E-state index in [-0.39, 0.29) is 24.3 Å². The van der Waals surface area contributed by atoms with Crippen LogP contribution in [0.2, 0.25) is 0 Å². The lowest BCUT2D eigenvalue weighted by molar-refractivity contribution is 0.280. The molecule has 1 N–H and O–H groups in total. The molecule has 2 rings (SSSR count). The second-order valence-corrected chi connectivity index (χ2v) is 6.62. The number of aliphatic hydroxyl groups excluding tert-OH is 1. The highest BCUT2D eigenvalue weighted by Crippen LogP contribution is 2.37. The third-order valence-corrected chi connectivity index (χ3v) is 4.12. The number of hydrogen-bond donors (Lipinski definition) is 1. The molecule has 0 fully saturated rings. The first kappa shape index (κ1) is 18.3. The molecular weight excluding hydrogens is 301 g/mol. The van der Waals surface area contributed by atoms with Gasteiger partial charge in [-0.2, -0.15) is 0 Å². The van der Waals surface area contributed by atoms with E-state index in [1.165, 1.54) is 12.1 Å². The van der Waals surface area contributed by atoms with Crippen LogP contribution in [0.5, 0.6) is 0 Å². The summed E-state index contributed by atoms with van der Waals surface area (Å²) >= 11 is 0. The van der Waals surface area contributed by atoms with Gasteiger partial charge < -0.3 is 5.11 Å². The monoisotopic (exact) mass is 327 g/mol. The third kappa shape index (κ3) is 3.57. The first-order valence-electron chi connectivity index (χ1n) is 8.46. The number of halogens is 1. The molecule has 0 spiro atoms. The lowest BCUT2D eigenvalue weighted by Crippen LogP contribution is -2.10. The molecule has 0 aliphatic heterocycles. The molecule has 0 saturated carbocycles. The van der Waals surface area contributed by atoms with Crippen LogP contribution >= 0.6 is 0 Å². The summed E-state index contributed by atoms with van der Waals surface area (Å²) in [7, 11) is 0. The Morgan fingerprint density at radius 2 is 1.62 bits per heavy atom. The largest absolute Gasteiger partial charge is 0.392 e. The average molecular weight is 327 g/mol. The maximum atomic E-state index is 13.4. The number of hydrogen-bond acceptors (Lipinski definition) is 2. The van der Waals surface area contributed by atoms with E-state index in [0.717, 1.165) is 33.6 Å². The van der Waals surface area contributed by atoms with Crippen LogP contribution in [0.15, 0.2) is 30.3 Å². The van der Waals surface area contributed by atoms with Crippen LogP contribution in [0.25, 0.3) is 17.2 Å². The average Bonchev–Trinajstić information content (AvgIpc) is 2.54. The molecule has 0 amide bonds. The normalized spacial score (nSPS) is 11.9. The summed E-state index contributed by atoms with van der Waals surface area (Å²) in [5.74, 6) is 0.184. The molecule has 0 radical (unpaired) electrons. The SMILES string of the molecule is C/C=C/c1c(C(C)C)nc(C(C)C)c(CO)c1-c1ccc(F)cc1. The fourth-order valence-electron chi connectivity index (χ4n) is 3.04. The third-order valence-electron chi connectivity index (χ3n) is 4.12.